The van der Waals surface area contributed by atoms with Crippen LogP contribution in [0.2, 0.25) is 0 Å². The van der Waals surface area contributed by atoms with Crippen LogP contribution in [0.3, 0.4) is 0 Å². The van der Waals surface area contributed by atoms with Crippen molar-refractivity contribution in [2.75, 3.05) is 6.61 Å². The molecule has 0 aromatic carbocycles. The highest BCUT2D eigenvalue weighted by atomic mass is 16.8. The van der Waals surface area contributed by atoms with Gasteiger partial charge in [0, 0.05) is 0 Å². The molecule has 0 bridgehead atoms. The van der Waals surface area contributed by atoms with Crippen LogP contribution in [0.25, 0.3) is 0 Å². The van der Waals surface area contributed by atoms with Gasteiger partial charge in [-0.15, -0.1) is 0 Å². The molecule has 0 aromatic rings. The quantitative estimate of drug-likeness (QED) is 0.677. The second-order valence-electron chi connectivity index (χ2n) is 6.28. The molecule has 3 heterocycles. The van der Waals surface area contributed by atoms with Crippen LogP contribution in [-0.4, -0.2) is 59.8 Å². The van der Waals surface area contributed by atoms with Crippen LogP contribution in [0.1, 0.15) is 27.7 Å². The van der Waals surface area contributed by atoms with Crippen LogP contribution >= 0.6 is 0 Å². The molecule has 0 amide bonds. The number of esters is 1. The fourth-order valence-electron chi connectivity index (χ4n) is 2.89. The Labute approximate surface area is 117 Å². The number of aliphatic hydroxyl groups excluding tert-OH is 1. The predicted octanol–water partition coefficient (Wildman–Crippen LogP) is -0.0557. The molecule has 7 heteroatoms. The minimum absolute atomic E-state index is 0.338. The number of carbonyl (C=O) groups excluding carboxylic acids is 1. The van der Waals surface area contributed by atoms with E-state index in [4.69, 9.17) is 23.7 Å². The van der Waals surface area contributed by atoms with E-state index >= 15 is 0 Å². The van der Waals surface area contributed by atoms with E-state index in [9.17, 15) is 9.90 Å². The molecular weight excluding hydrogens is 268 g/mol. The highest BCUT2D eigenvalue weighted by molar-refractivity contribution is 5.78. The van der Waals surface area contributed by atoms with E-state index in [0.717, 1.165) is 0 Å². The van der Waals surface area contributed by atoms with Gasteiger partial charge in [0.15, 0.2) is 23.8 Å². The summed E-state index contributed by atoms with van der Waals surface area (Å²) in [5.74, 6) is -2.33. The average Bonchev–Trinajstić information content (AvgIpc) is 2.81. The van der Waals surface area contributed by atoms with E-state index < -0.39 is 42.0 Å². The standard InChI is InChI=1S/C13H20O7/c1-12(2)16-5-6(18-12)8-10-9(7(14)11(15)17-10)20-13(3,4)19-8/h6-10,14H,5H2,1-4H3. The lowest BCUT2D eigenvalue weighted by Gasteiger charge is -2.43. The van der Waals surface area contributed by atoms with Gasteiger partial charge < -0.3 is 28.8 Å². The van der Waals surface area contributed by atoms with Crippen LogP contribution < -0.4 is 0 Å². The normalized spacial score (nSPS) is 46.0. The van der Waals surface area contributed by atoms with E-state index in [0.29, 0.717) is 6.61 Å². The summed E-state index contributed by atoms with van der Waals surface area (Å²) in [5, 5.41) is 9.86. The van der Waals surface area contributed by atoms with Crippen molar-refractivity contribution in [2.24, 2.45) is 0 Å². The molecule has 0 saturated carbocycles. The van der Waals surface area contributed by atoms with Gasteiger partial charge in [0.05, 0.1) is 6.61 Å². The van der Waals surface area contributed by atoms with Gasteiger partial charge in [0.2, 0.25) is 0 Å². The Morgan fingerprint density at radius 2 is 1.65 bits per heavy atom. The maximum absolute atomic E-state index is 11.6. The molecule has 0 spiro atoms. The summed E-state index contributed by atoms with van der Waals surface area (Å²) in [6, 6.07) is 0. The van der Waals surface area contributed by atoms with Crippen LogP contribution in [-0.2, 0) is 28.5 Å². The summed E-state index contributed by atoms with van der Waals surface area (Å²) in [6.07, 6.45) is -3.64. The molecule has 7 nitrogen and oxygen atoms in total. The number of ether oxygens (including phenoxy) is 5. The fraction of sp³-hybridized carbons (Fsp3) is 0.923. The Balaban J connectivity index is 1.84. The summed E-state index contributed by atoms with van der Waals surface area (Å²) < 4.78 is 28.0. The van der Waals surface area contributed by atoms with Crippen molar-refractivity contribution in [3.8, 4) is 0 Å². The Morgan fingerprint density at radius 3 is 2.25 bits per heavy atom. The maximum atomic E-state index is 11.6. The second-order valence-corrected chi connectivity index (χ2v) is 6.28. The van der Waals surface area contributed by atoms with Crippen LogP contribution in [0, 0.1) is 0 Å². The number of carbonyl (C=O) groups is 1. The summed E-state index contributed by atoms with van der Waals surface area (Å²) in [6.45, 7) is 7.42. The Kier molecular flexibility index (Phi) is 3.11. The van der Waals surface area contributed by atoms with Gasteiger partial charge in [0.25, 0.3) is 0 Å². The SMILES string of the molecule is CC1(C)OCC(C2OC(C)(C)OC3C(O)C(=O)OC23)O1. The molecule has 0 radical (unpaired) electrons. The van der Waals surface area contributed by atoms with E-state index in [1.807, 2.05) is 13.8 Å². The van der Waals surface area contributed by atoms with Crippen molar-refractivity contribution >= 4 is 5.97 Å². The highest BCUT2D eigenvalue weighted by Gasteiger charge is 2.58. The zero-order valence-corrected chi connectivity index (χ0v) is 12.0. The summed E-state index contributed by atoms with van der Waals surface area (Å²) in [4.78, 5) is 11.6. The first kappa shape index (κ1) is 14.2. The Bertz CT molecular complexity index is 419. The third-order valence-electron chi connectivity index (χ3n) is 3.69. The topological polar surface area (TPSA) is 83.5 Å². The molecular formula is C13H20O7. The van der Waals surface area contributed by atoms with Crippen LogP contribution in [0.5, 0.6) is 0 Å². The van der Waals surface area contributed by atoms with Crippen molar-refractivity contribution in [3.05, 3.63) is 0 Å². The van der Waals surface area contributed by atoms with Crippen molar-refractivity contribution < 1.29 is 33.6 Å². The molecule has 114 valence electrons. The number of fused-ring (bicyclic) bond motifs is 1. The van der Waals surface area contributed by atoms with E-state index in [-0.39, 0.29) is 6.10 Å². The monoisotopic (exact) mass is 288 g/mol. The van der Waals surface area contributed by atoms with Gasteiger partial charge in [-0.25, -0.2) is 4.79 Å². The van der Waals surface area contributed by atoms with E-state index in [1.54, 1.807) is 13.8 Å². The molecule has 20 heavy (non-hydrogen) atoms. The van der Waals surface area contributed by atoms with Gasteiger partial charge >= 0.3 is 5.97 Å². The smallest absolute Gasteiger partial charge is 0.338 e. The second kappa shape index (κ2) is 4.38. The van der Waals surface area contributed by atoms with E-state index in [1.165, 1.54) is 0 Å². The van der Waals surface area contributed by atoms with Gasteiger partial charge in [-0.1, -0.05) is 0 Å². The highest BCUT2D eigenvalue weighted by Crippen LogP contribution is 2.39. The summed E-state index contributed by atoms with van der Waals surface area (Å²) >= 11 is 0. The maximum Gasteiger partial charge on any atom is 0.338 e. The lowest BCUT2D eigenvalue weighted by atomic mass is 9.99. The van der Waals surface area contributed by atoms with Gasteiger partial charge in [-0.3, -0.25) is 0 Å². The first-order valence-corrected chi connectivity index (χ1v) is 6.74. The number of hydrogen-bond donors (Lipinski definition) is 1. The van der Waals surface area contributed by atoms with E-state index in [2.05, 4.69) is 0 Å². The molecule has 3 saturated heterocycles. The number of aliphatic hydroxyl groups is 1. The zero-order chi connectivity index (χ0) is 14.7. The van der Waals surface area contributed by atoms with Gasteiger partial charge in [0.1, 0.15) is 18.3 Å². The molecule has 3 aliphatic heterocycles. The minimum atomic E-state index is -1.29. The third-order valence-corrected chi connectivity index (χ3v) is 3.69. The average molecular weight is 288 g/mol. The van der Waals surface area contributed by atoms with Gasteiger partial charge in [-0.2, -0.15) is 0 Å². The molecule has 3 aliphatic rings. The molecule has 1 N–H and O–H groups in total. The first-order chi connectivity index (χ1) is 9.19. The minimum Gasteiger partial charge on any atom is -0.455 e. The number of rotatable bonds is 1. The summed E-state index contributed by atoms with van der Waals surface area (Å²) in [5.41, 5.74) is 0. The molecule has 5 unspecified atom stereocenters. The van der Waals surface area contributed by atoms with Crippen molar-refractivity contribution in [1.82, 2.24) is 0 Å². The summed E-state index contributed by atoms with van der Waals surface area (Å²) in [7, 11) is 0. The lowest BCUT2D eigenvalue weighted by Crippen LogP contribution is -2.59. The third kappa shape index (κ3) is 2.33. The molecule has 3 rings (SSSR count). The van der Waals surface area contributed by atoms with Gasteiger partial charge in [-0.05, 0) is 27.7 Å². The first-order valence-electron chi connectivity index (χ1n) is 6.74. The Hall–Kier alpha value is -0.730. The van der Waals surface area contributed by atoms with Crippen molar-refractivity contribution in [2.45, 2.75) is 69.8 Å². The molecule has 0 aliphatic carbocycles. The number of hydrogen-bond acceptors (Lipinski definition) is 7. The van der Waals surface area contributed by atoms with Crippen LogP contribution in [0.4, 0.5) is 0 Å². The largest absolute Gasteiger partial charge is 0.455 e. The molecule has 5 atom stereocenters. The van der Waals surface area contributed by atoms with Crippen molar-refractivity contribution in [1.29, 1.82) is 0 Å². The van der Waals surface area contributed by atoms with Crippen LogP contribution in [0.15, 0.2) is 0 Å². The predicted molar refractivity (Wildman–Crippen MR) is 64.6 cm³/mol. The lowest BCUT2D eigenvalue weighted by molar-refractivity contribution is -0.342. The Morgan fingerprint density at radius 1 is 1.00 bits per heavy atom. The zero-order valence-electron chi connectivity index (χ0n) is 12.0. The molecule has 3 fully saturated rings. The fourth-order valence-corrected chi connectivity index (χ4v) is 2.89. The molecule has 0 aromatic heterocycles. The van der Waals surface area contributed by atoms with Crippen molar-refractivity contribution in [3.63, 3.8) is 0 Å².